The topological polar surface area (TPSA) is 43.1 Å². The molecule has 2 unspecified atom stereocenters. The van der Waals surface area contributed by atoms with Crippen molar-refractivity contribution in [3.05, 3.63) is 0 Å². The van der Waals surface area contributed by atoms with E-state index in [2.05, 4.69) is 6.92 Å². The van der Waals surface area contributed by atoms with Gasteiger partial charge in [0.25, 0.3) is 0 Å². The maximum absolute atomic E-state index is 11.0. The molecular formula is C11H21NO. The van der Waals surface area contributed by atoms with Crippen LogP contribution in [0.25, 0.3) is 0 Å². The Morgan fingerprint density at radius 1 is 1.54 bits per heavy atom. The van der Waals surface area contributed by atoms with Crippen molar-refractivity contribution in [2.45, 2.75) is 52.0 Å². The smallest absolute Gasteiger partial charge is 0.146 e. The van der Waals surface area contributed by atoms with Crippen LogP contribution in [0, 0.1) is 11.8 Å². The third-order valence-corrected chi connectivity index (χ3v) is 3.05. The monoisotopic (exact) mass is 183 g/mol. The van der Waals surface area contributed by atoms with Crippen LogP contribution >= 0.6 is 0 Å². The van der Waals surface area contributed by atoms with Gasteiger partial charge >= 0.3 is 0 Å². The lowest BCUT2D eigenvalue weighted by atomic mass is 9.93. The van der Waals surface area contributed by atoms with E-state index < -0.39 is 0 Å². The highest BCUT2D eigenvalue weighted by atomic mass is 16.1. The van der Waals surface area contributed by atoms with Crippen molar-refractivity contribution >= 4 is 5.78 Å². The van der Waals surface area contributed by atoms with Gasteiger partial charge in [-0.3, -0.25) is 4.79 Å². The zero-order valence-electron chi connectivity index (χ0n) is 8.75. The van der Waals surface area contributed by atoms with Crippen LogP contribution in [-0.4, -0.2) is 11.8 Å². The van der Waals surface area contributed by atoms with E-state index in [4.69, 9.17) is 5.73 Å². The zero-order chi connectivity index (χ0) is 9.84. The lowest BCUT2D eigenvalue weighted by Crippen LogP contribution is -2.35. The van der Waals surface area contributed by atoms with Gasteiger partial charge in [-0.1, -0.05) is 32.6 Å². The van der Waals surface area contributed by atoms with Gasteiger partial charge in [0.05, 0.1) is 6.04 Å². The Hall–Kier alpha value is -0.370. The summed E-state index contributed by atoms with van der Waals surface area (Å²) in [7, 11) is 0. The number of hydrogen-bond acceptors (Lipinski definition) is 2. The minimum absolute atomic E-state index is 0.124. The van der Waals surface area contributed by atoms with Crippen molar-refractivity contribution < 1.29 is 4.79 Å². The van der Waals surface area contributed by atoms with E-state index in [1.54, 1.807) is 6.92 Å². The van der Waals surface area contributed by atoms with E-state index in [0.717, 1.165) is 12.3 Å². The normalized spacial score (nSPS) is 21.2. The SMILES string of the molecule is CC(=O)C(N)C(C)CCCC1CC1. The third-order valence-electron chi connectivity index (χ3n) is 3.05. The molecule has 0 aromatic carbocycles. The number of carbonyl (C=O) groups excluding carboxylic acids is 1. The Labute approximate surface area is 80.9 Å². The average Bonchev–Trinajstić information content (AvgIpc) is 2.86. The molecule has 0 radical (unpaired) electrons. The highest BCUT2D eigenvalue weighted by molar-refractivity contribution is 5.81. The molecule has 0 aliphatic heterocycles. The summed E-state index contributed by atoms with van der Waals surface area (Å²) in [5, 5.41) is 0. The van der Waals surface area contributed by atoms with E-state index in [1.807, 2.05) is 0 Å². The maximum atomic E-state index is 11.0. The summed E-state index contributed by atoms with van der Waals surface area (Å²) >= 11 is 0. The fourth-order valence-corrected chi connectivity index (χ4v) is 1.72. The lowest BCUT2D eigenvalue weighted by molar-refractivity contribution is -0.119. The molecule has 0 bridgehead atoms. The van der Waals surface area contributed by atoms with Gasteiger partial charge in [0, 0.05) is 0 Å². The van der Waals surface area contributed by atoms with Crippen molar-refractivity contribution in [2.24, 2.45) is 17.6 Å². The number of ketones is 1. The molecule has 1 fully saturated rings. The van der Waals surface area contributed by atoms with Crippen molar-refractivity contribution in [1.82, 2.24) is 0 Å². The molecule has 1 saturated carbocycles. The van der Waals surface area contributed by atoms with E-state index in [-0.39, 0.29) is 11.8 Å². The molecule has 1 rings (SSSR count). The van der Waals surface area contributed by atoms with E-state index in [9.17, 15) is 4.79 Å². The second-order valence-corrected chi connectivity index (χ2v) is 4.49. The summed E-state index contributed by atoms with van der Waals surface area (Å²) in [5.41, 5.74) is 5.74. The predicted molar refractivity (Wildman–Crippen MR) is 54.4 cm³/mol. The highest BCUT2D eigenvalue weighted by Crippen LogP contribution is 2.34. The Morgan fingerprint density at radius 2 is 2.15 bits per heavy atom. The molecular weight excluding hydrogens is 162 g/mol. The van der Waals surface area contributed by atoms with Crippen molar-refractivity contribution in [1.29, 1.82) is 0 Å². The van der Waals surface area contributed by atoms with Crippen molar-refractivity contribution in [3.8, 4) is 0 Å². The number of carbonyl (C=O) groups is 1. The molecule has 0 aromatic heterocycles. The Morgan fingerprint density at radius 3 is 2.62 bits per heavy atom. The van der Waals surface area contributed by atoms with Crippen molar-refractivity contribution in [3.63, 3.8) is 0 Å². The molecule has 1 aliphatic carbocycles. The Kier molecular flexibility index (Phi) is 3.91. The number of hydrogen-bond donors (Lipinski definition) is 1. The van der Waals surface area contributed by atoms with Gasteiger partial charge in [0.2, 0.25) is 0 Å². The molecule has 0 spiro atoms. The van der Waals surface area contributed by atoms with Crippen molar-refractivity contribution in [2.75, 3.05) is 0 Å². The van der Waals surface area contributed by atoms with Gasteiger partial charge in [-0.15, -0.1) is 0 Å². The molecule has 0 saturated heterocycles. The highest BCUT2D eigenvalue weighted by Gasteiger charge is 2.22. The van der Waals surface area contributed by atoms with Crippen LogP contribution in [0.1, 0.15) is 46.0 Å². The lowest BCUT2D eigenvalue weighted by Gasteiger charge is -2.16. The molecule has 13 heavy (non-hydrogen) atoms. The van der Waals surface area contributed by atoms with Gasteiger partial charge < -0.3 is 5.73 Å². The first-order chi connectivity index (χ1) is 6.11. The minimum atomic E-state index is -0.237. The molecule has 2 heteroatoms. The van der Waals surface area contributed by atoms with Crippen LogP contribution in [0.4, 0.5) is 0 Å². The first-order valence-corrected chi connectivity index (χ1v) is 5.37. The summed E-state index contributed by atoms with van der Waals surface area (Å²) in [6, 6.07) is -0.237. The number of rotatable bonds is 6. The van der Waals surface area contributed by atoms with E-state index >= 15 is 0 Å². The van der Waals surface area contributed by atoms with E-state index in [1.165, 1.54) is 25.7 Å². The minimum Gasteiger partial charge on any atom is -0.321 e. The molecule has 2 nitrogen and oxygen atoms in total. The fraction of sp³-hybridized carbons (Fsp3) is 0.909. The summed E-state index contributed by atoms with van der Waals surface area (Å²) in [4.78, 5) is 11.0. The van der Waals surface area contributed by atoms with Crippen LogP contribution < -0.4 is 5.73 Å². The molecule has 0 aromatic rings. The predicted octanol–water partition coefficient (Wildman–Crippen LogP) is 2.12. The van der Waals surface area contributed by atoms with E-state index in [0.29, 0.717) is 5.92 Å². The summed E-state index contributed by atoms with van der Waals surface area (Å²) in [6.45, 7) is 3.67. The van der Waals surface area contributed by atoms with Crippen LogP contribution in [0.5, 0.6) is 0 Å². The molecule has 0 heterocycles. The standard InChI is InChI=1S/C11H21NO/c1-8(11(12)9(2)13)4-3-5-10-6-7-10/h8,10-11H,3-7,12H2,1-2H3. The first kappa shape index (κ1) is 10.7. The molecule has 2 N–H and O–H groups in total. The summed E-state index contributed by atoms with van der Waals surface area (Å²) in [6.07, 6.45) is 6.54. The summed E-state index contributed by atoms with van der Waals surface area (Å²) in [5.74, 6) is 1.48. The number of nitrogens with two attached hydrogens (primary N) is 1. The van der Waals surface area contributed by atoms with Crippen LogP contribution in [0.2, 0.25) is 0 Å². The summed E-state index contributed by atoms with van der Waals surface area (Å²) < 4.78 is 0. The third kappa shape index (κ3) is 3.90. The molecule has 0 amide bonds. The molecule has 2 atom stereocenters. The van der Waals surface area contributed by atoms with Crippen LogP contribution in [0.15, 0.2) is 0 Å². The molecule has 1 aliphatic rings. The van der Waals surface area contributed by atoms with Gasteiger partial charge in [0.1, 0.15) is 5.78 Å². The van der Waals surface area contributed by atoms with Crippen LogP contribution in [0.3, 0.4) is 0 Å². The van der Waals surface area contributed by atoms with Gasteiger partial charge in [-0.2, -0.15) is 0 Å². The van der Waals surface area contributed by atoms with Gasteiger partial charge in [-0.25, -0.2) is 0 Å². The Balaban J connectivity index is 2.07. The number of Topliss-reactive ketones (excluding diaryl/α,β-unsaturated/α-hetero) is 1. The fourth-order valence-electron chi connectivity index (χ4n) is 1.72. The molecule has 76 valence electrons. The quantitative estimate of drug-likeness (QED) is 0.685. The Bertz CT molecular complexity index is 175. The largest absolute Gasteiger partial charge is 0.321 e. The first-order valence-electron chi connectivity index (χ1n) is 5.37. The zero-order valence-corrected chi connectivity index (χ0v) is 8.75. The second-order valence-electron chi connectivity index (χ2n) is 4.49. The second kappa shape index (κ2) is 4.75. The van der Waals surface area contributed by atoms with Crippen LogP contribution in [-0.2, 0) is 4.79 Å². The van der Waals surface area contributed by atoms with Gasteiger partial charge in [0.15, 0.2) is 0 Å². The van der Waals surface area contributed by atoms with Gasteiger partial charge in [-0.05, 0) is 25.2 Å². The average molecular weight is 183 g/mol. The maximum Gasteiger partial charge on any atom is 0.146 e.